The van der Waals surface area contributed by atoms with Crippen LogP contribution in [0.25, 0.3) is 6.08 Å². The van der Waals surface area contributed by atoms with Crippen LogP contribution in [0.1, 0.15) is 58.4 Å². The molecule has 5 rings (SSSR count). The highest BCUT2D eigenvalue weighted by atomic mass is 16.5. The second-order valence-corrected chi connectivity index (χ2v) is 10.7. The van der Waals surface area contributed by atoms with Crippen molar-refractivity contribution in [2.45, 2.75) is 65.0 Å². The molecule has 3 saturated carbocycles. The Hall–Kier alpha value is -2.21. The van der Waals surface area contributed by atoms with Crippen molar-refractivity contribution < 1.29 is 14.6 Å². The Morgan fingerprint density at radius 3 is 2.69 bits per heavy atom. The second kappa shape index (κ2) is 7.68. The van der Waals surface area contributed by atoms with Gasteiger partial charge in [0.2, 0.25) is 5.91 Å². The summed E-state index contributed by atoms with van der Waals surface area (Å²) in [6.07, 6.45) is 14.7. The molecular formula is C26H35N3O3. The van der Waals surface area contributed by atoms with Crippen LogP contribution in [0.2, 0.25) is 0 Å². The van der Waals surface area contributed by atoms with E-state index in [1.165, 1.54) is 5.57 Å². The molecule has 1 amide bonds. The predicted molar refractivity (Wildman–Crippen MR) is 123 cm³/mol. The third kappa shape index (κ3) is 3.13. The van der Waals surface area contributed by atoms with Gasteiger partial charge in [0, 0.05) is 30.4 Å². The minimum atomic E-state index is -0.197. The Bertz CT molecular complexity index is 958. The van der Waals surface area contributed by atoms with E-state index in [1.807, 2.05) is 18.9 Å². The third-order valence-corrected chi connectivity index (χ3v) is 9.19. The van der Waals surface area contributed by atoms with Crippen LogP contribution in [-0.2, 0) is 4.79 Å². The summed E-state index contributed by atoms with van der Waals surface area (Å²) in [5.41, 5.74) is 2.10. The van der Waals surface area contributed by atoms with Crippen molar-refractivity contribution in [1.29, 1.82) is 0 Å². The van der Waals surface area contributed by atoms with Crippen molar-refractivity contribution in [2.24, 2.45) is 28.6 Å². The van der Waals surface area contributed by atoms with E-state index in [2.05, 4.69) is 36.0 Å². The van der Waals surface area contributed by atoms with E-state index < -0.39 is 0 Å². The van der Waals surface area contributed by atoms with Gasteiger partial charge in [0.25, 0.3) is 0 Å². The molecule has 0 spiro atoms. The second-order valence-electron chi connectivity index (χ2n) is 10.7. The topological polar surface area (TPSA) is 75.6 Å². The largest absolute Gasteiger partial charge is 0.464 e. The molecule has 0 aromatic carbocycles. The van der Waals surface area contributed by atoms with Crippen LogP contribution >= 0.6 is 0 Å². The van der Waals surface area contributed by atoms with Crippen LogP contribution in [0.3, 0.4) is 0 Å². The molecule has 0 bridgehead atoms. The fraction of sp³-hybridized carbons (Fsp3) is 0.654. The number of hydrogen-bond donors (Lipinski definition) is 1. The van der Waals surface area contributed by atoms with Gasteiger partial charge < -0.3 is 14.7 Å². The molecule has 2 heterocycles. The molecule has 2 unspecified atom stereocenters. The molecule has 3 fully saturated rings. The van der Waals surface area contributed by atoms with E-state index in [0.29, 0.717) is 30.4 Å². The molecule has 4 aliphatic rings. The quantitative estimate of drug-likeness (QED) is 0.777. The number of ether oxygens (including phenoxy) is 1. The lowest BCUT2D eigenvalue weighted by atomic mass is 9.47. The Morgan fingerprint density at radius 1 is 1.22 bits per heavy atom. The highest BCUT2D eigenvalue weighted by molar-refractivity contribution is 5.89. The van der Waals surface area contributed by atoms with Gasteiger partial charge in [-0.05, 0) is 73.8 Å². The summed E-state index contributed by atoms with van der Waals surface area (Å²) in [4.78, 5) is 23.3. The number of carbonyl (C=O) groups is 1. The van der Waals surface area contributed by atoms with Crippen LogP contribution in [-0.4, -0.2) is 51.7 Å². The number of fused-ring (bicyclic) bond motifs is 5. The number of aliphatic hydroxyl groups excluding tert-OH is 1. The van der Waals surface area contributed by atoms with Gasteiger partial charge in [-0.2, -0.15) is 0 Å². The van der Waals surface area contributed by atoms with Gasteiger partial charge in [0.1, 0.15) is 0 Å². The number of likely N-dealkylation sites (N-methyl/N-ethyl adjacent to an activating group) is 1. The number of nitrogens with zero attached hydrogens (tertiary/aromatic N) is 3. The summed E-state index contributed by atoms with van der Waals surface area (Å²) in [5, 5.41) is 10.8. The minimum absolute atomic E-state index is 0.0117. The van der Waals surface area contributed by atoms with E-state index >= 15 is 0 Å². The van der Waals surface area contributed by atoms with Crippen molar-refractivity contribution >= 4 is 12.0 Å². The van der Waals surface area contributed by atoms with Crippen molar-refractivity contribution in [3.05, 3.63) is 35.7 Å². The molecule has 7 atom stereocenters. The Labute approximate surface area is 190 Å². The first-order chi connectivity index (χ1) is 15.3. The lowest BCUT2D eigenvalue weighted by Gasteiger charge is -2.60. The first-order valence-electron chi connectivity index (χ1n) is 12.1. The lowest BCUT2D eigenvalue weighted by Crippen LogP contribution is -2.60. The van der Waals surface area contributed by atoms with Gasteiger partial charge >= 0.3 is 6.01 Å². The number of rotatable bonds is 3. The van der Waals surface area contributed by atoms with Gasteiger partial charge in [-0.25, -0.2) is 9.97 Å². The first-order valence-corrected chi connectivity index (χ1v) is 12.1. The van der Waals surface area contributed by atoms with Crippen molar-refractivity contribution in [3.8, 4) is 6.01 Å². The fourth-order valence-corrected chi connectivity index (χ4v) is 7.64. The van der Waals surface area contributed by atoms with Crippen LogP contribution < -0.4 is 4.74 Å². The molecule has 172 valence electrons. The monoisotopic (exact) mass is 437 g/mol. The Kier molecular flexibility index (Phi) is 5.19. The molecular weight excluding hydrogens is 402 g/mol. The molecule has 1 aromatic rings. The van der Waals surface area contributed by atoms with Crippen LogP contribution in [0.4, 0.5) is 0 Å². The van der Waals surface area contributed by atoms with Gasteiger partial charge in [0.05, 0.1) is 18.8 Å². The summed E-state index contributed by atoms with van der Waals surface area (Å²) in [5.74, 6) is 1.60. The lowest BCUT2D eigenvalue weighted by molar-refractivity contribution is -0.135. The van der Waals surface area contributed by atoms with Gasteiger partial charge in [-0.15, -0.1) is 0 Å². The van der Waals surface area contributed by atoms with Gasteiger partial charge in [-0.1, -0.05) is 26.0 Å². The summed E-state index contributed by atoms with van der Waals surface area (Å²) in [7, 11) is 1.93. The molecule has 6 heteroatoms. The highest BCUT2D eigenvalue weighted by Gasteiger charge is 2.61. The number of aliphatic hydroxyl groups is 1. The maximum Gasteiger partial charge on any atom is 0.316 e. The average Bonchev–Trinajstić information content (AvgIpc) is 3.07. The summed E-state index contributed by atoms with van der Waals surface area (Å²) in [6.45, 7) is 7.09. The van der Waals surface area contributed by atoms with Crippen LogP contribution in [0.5, 0.6) is 6.01 Å². The van der Waals surface area contributed by atoms with E-state index in [9.17, 15) is 9.90 Å². The maximum atomic E-state index is 12.7. The molecule has 0 saturated heterocycles. The normalized spacial score (nSPS) is 41.9. The zero-order valence-corrected chi connectivity index (χ0v) is 19.6. The fourth-order valence-electron chi connectivity index (χ4n) is 7.64. The maximum absolute atomic E-state index is 12.7. The summed E-state index contributed by atoms with van der Waals surface area (Å²) >= 11 is 0. The Balaban J connectivity index is 1.57. The van der Waals surface area contributed by atoms with E-state index in [-0.39, 0.29) is 28.9 Å². The summed E-state index contributed by atoms with van der Waals surface area (Å²) < 4.78 is 5.39. The zero-order valence-electron chi connectivity index (χ0n) is 19.6. The number of amides is 1. The third-order valence-electron chi connectivity index (χ3n) is 9.19. The molecule has 0 radical (unpaired) electrons. The number of carbonyl (C=O) groups excluding carboxylic acids is 1. The minimum Gasteiger partial charge on any atom is -0.464 e. The van der Waals surface area contributed by atoms with Crippen molar-refractivity contribution in [3.63, 3.8) is 0 Å². The van der Waals surface area contributed by atoms with Gasteiger partial charge in [0.15, 0.2) is 0 Å². The van der Waals surface area contributed by atoms with Crippen molar-refractivity contribution in [1.82, 2.24) is 14.9 Å². The number of hydrogen-bond acceptors (Lipinski definition) is 5. The van der Waals surface area contributed by atoms with Crippen LogP contribution in [0.15, 0.2) is 30.1 Å². The molecule has 1 aliphatic heterocycles. The molecule has 1 N–H and O–H groups in total. The SMILES string of the molecule is CCOc1ncc(C=C2C[C@@H]3[C@@H](CC[C@]4(C)C(O)CC[C@@H]34)[C@@]3(C)C=CC(=O)N(C)C23)cn1. The molecule has 1 aromatic heterocycles. The zero-order chi connectivity index (χ0) is 22.7. The smallest absolute Gasteiger partial charge is 0.316 e. The standard InChI is InChI=1S/C26H35N3O3/c1-5-32-24-27-14-16(15-28-24)12-17-13-18-19-6-7-21(30)25(19,2)10-8-20(18)26(3)11-9-22(31)29(4)23(17)26/h9,11-12,14-15,18-21,23,30H,5-8,10,13H2,1-4H3/t18-,19-,20+,21?,23?,25-,26+/m0/s1. The molecule has 6 nitrogen and oxygen atoms in total. The van der Waals surface area contributed by atoms with E-state index in [1.54, 1.807) is 18.5 Å². The highest BCUT2D eigenvalue weighted by Crippen LogP contribution is 2.64. The van der Waals surface area contributed by atoms with E-state index in [4.69, 9.17) is 4.74 Å². The first kappa shape index (κ1) is 21.6. The number of aromatic nitrogens is 2. The van der Waals surface area contributed by atoms with Crippen LogP contribution in [0, 0.1) is 28.6 Å². The average molecular weight is 438 g/mol. The predicted octanol–water partition coefficient (Wildman–Crippen LogP) is 3.87. The van der Waals surface area contributed by atoms with E-state index in [0.717, 1.165) is 37.7 Å². The van der Waals surface area contributed by atoms with Crippen molar-refractivity contribution in [2.75, 3.05) is 13.7 Å². The Morgan fingerprint density at radius 2 is 1.97 bits per heavy atom. The summed E-state index contributed by atoms with van der Waals surface area (Å²) in [6, 6.07) is 0.419. The molecule has 3 aliphatic carbocycles. The van der Waals surface area contributed by atoms with Gasteiger partial charge in [-0.3, -0.25) is 4.79 Å². The molecule has 32 heavy (non-hydrogen) atoms.